The Labute approximate surface area is 81.1 Å². The molecule has 4 unspecified atom stereocenters. The van der Waals surface area contributed by atoms with Gasteiger partial charge in [0.25, 0.3) is 0 Å². The van der Waals surface area contributed by atoms with Crippen molar-refractivity contribution in [2.75, 3.05) is 0 Å². The molecule has 0 bridgehead atoms. The molecule has 4 aliphatic rings. The van der Waals surface area contributed by atoms with Crippen LogP contribution in [0.3, 0.4) is 0 Å². The van der Waals surface area contributed by atoms with Gasteiger partial charge in [-0.2, -0.15) is 0 Å². The van der Waals surface area contributed by atoms with Gasteiger partial charge in [-0.25, -0.2) is 0 Å². The summed E-state index contributed by atoms with van der Waals surface area (Å²) in [5.74, 6) is 4.92. The molecule has 0 nitrogen and oxygen atoms in total. The molecule has 0 aromatic heterocycles. The van der Waals surface area contributed by atoms with Crippen LogP contribution in [-0.2, 0) is 0 Å². The first-order valence-electron chi connectivity index (χ1n) is 6.45. The fraction of sp³-hybridized carbons (Fsp3) is 1.00. The van der Waals surface area contributed by atoms with E-state index in [9.17, 15) is 0 Å². The second kappa shape index (κ2) is 2.15. The normalized spacial score (nSPS) is 62.8. The molecule has 0 heteroatoms. The Bertz CT molecular complexity index is 218. The molecule has 1 spiro atoms. The van der Waals surface area contributed by atoms with E-state index in [4.69, 9.17) is 0 Å². The van der Waals surface area contributed by atoms with Crippen LogP contribution in [0.25, 0.3) is 0 Å². The van der Waals surface area contributed by atoms with E-state index in [1.807, 2.05) is 0 Å². The van der Waals surface area contributed by atoms with Gasteiger partial charge in [-0.3, -0.25) is 0 Å². The summed E-state index contributed by atoms with van der Waals surface area (Å²) in [6.07, 6.45) is 12.7. The van der Waals surface area contributed by atoms with E-state index in [1.54, 1.807) is 51.4 Å². The molecular formula is C13H20. The molecule has 0 aromatic rings. The fourth-order valence-electron chi connectivity index (χ4n) is 5.54. The Hall–Kier alpha value is 0. The molecule has 0 amide bonds. The summed E-state index contributed by atoms with van der Waals surface area (Å²) < 4.78 is 0. The minimum atomic E-state index is 0.999. The van der Waals surface area contributed by atoms with E-state index in [0.29, 0.717) is 0 Å². The monoisotopic (exact) mass is 176 g/mol. The van der Waals surface area contributed by atoms with Crippen LogP contribution in [0.1, 0.15) is 51.4 Å². The van der Waals surface area contributed by atoms with Gasteiger partial charge in [0.1, 0.15) is 0 Å². The lowest BCUT2D eigenvalue weighted by molar-refractivity contribution is 0.465. The smallest absolute Gasteiger partial charge is 0.0173 e. The Morgan fingerprint density at radius 1 is 0.538 bits per heavy atom. The highest BCUT2D eigenvalue weighted by Crippen LogP contribution is 2.88. The lowest BCUT2D eigenvalue weighted by atomic mass is 10.0. The van der Waals surface area contributed by atoms with Crippen molar-refractivity contribution in [2.45, 2.75) is 51.4 Å². The first-order valence-corrected chi connectivity index (χ1v) is 6.45. The van der Waals surface area contributed by atoms with Gasteiger partial charge < -0.3 is 0 Å². The van der Waals surface area contributed by atoms with Crippen LogP contribution in [0, 0.1) is 29.1 Å². The van der Waals surface area contributed by atoms with Crippen LogP contribution in [-0.4, -0.2) is 0 Å². The van der Waals surface area contributed by atoms with Crippen LogP contribution in [0.2, 0.25) is 0 Å². The third-order valence-electron chi connectivity index (χ3n) is 5.88. The van der Waals surface area contributed by atoms with Gasteiger partial charge in [0, 0.05) is 0 Å². The maximum absolute atomic E-state index is 1.61. The van der Waals surface area contributed by atoms with Gasteiger partial charge >= 0.3 is 0 Å². The third kappa shape index (κ3) is 0.680. The van der Waals surface area contributed by atoms with Gasteiger partial charge in [0.2, 0.25) is 0 Å². The van der Waals surface area contributed by atoms with E-state index >= 15 is 0 Å². The highest BCUT2D eigenvalue weighted by Gasteiger charge is 2.82. The summed E-state index contributed by atoms with van der Waals surface area (Å²) in [6, 6.07) is 0. The van der Waals surface area contributed by atoms with Crippen LogP contribution in [0.15, 0.2) is 0 Å². The summed E-state index contributed by atoms with van der Waals surface area (Å²) >= 11 is 0. The van der Waals surface area contributed by atoms with Gasteiger partial charge in [-0.1, -0.05) is 25.7 Å². The second-order valence-corrected chi connectivity index (χ2v) is 5.99. The highest BCUT2D eigenvalue weighted by molar-refractivity contribution is 5.30. The van der Waals surface area contributed by atoms with Crippen LogP contribution < -0.4 is 0 Å². The summed E-state index contributed by atoms with van der Waals surface area (Å²) in [5.41, 5.74) is 0.999. The van der Waals surface area contributed by atoms with Crippen molar-refractivity contribution in [3.8, 4) is 0 Å². The second-order valence-electron chi connectivity index (χ2n) is 5.99. The molecule has 0 radical (unpaired) electrons. The van der Waals surface area contributed by atoms with Crippen molar-refractivity contribution in [2.24, 2.45) is 29.1 Å². The third-order valence-corrected chi connectivity index (χ3v) is 5.88. The minimum Gasteiger partial charge on any atom is -0.0533 e. The van der Waals surface area contributed by atoms with E-state index in [-0.39, 0.29) is 0 Å². The molecule has 4 fully saturated rings. The Balaban J connectivity index is 1.67. The lowest BCUT2D eigenvalue weighted by Gasteiger charge is -2.04. The summed E-state index contributed by atoms with van der Waals surface area (Å²) in [6.45, 7) is 0. The molecule has 0 aliphatic heterocycles. The van der Waals surface area contributed by atoms with Crippen molar-refractivity contribution in [1.29, 1.82) is 0 Å². The molecule has 13 heavy (non-hydrogen) atoms. The van der Waals surface area contributed by atoms with Gasteiger partial charge in [0.15, 0.2) is 0 Å². The first-order chi connectivity index (χ1) is 6.45. The summed E-state index contributed by atoms with van der Waals surface area (Å²) in [7, 11) is 0. The van der Waals surface area contributed by atoms with Gasteiger partial charge in [-0.15, -0.1) is 0 Å². The van der Waals surface area contributed by atoms with Crippen LogP contribution >= 0.6 is 0 Å². The highest BCUT2D eigenvalue weighted by atomic mass is 14.9. The standard InChI is InChI=1S/C13H20/c1-2-5-9-11-7-4-8-12-10(6-3-1)13(9,11)12/h9-12H,1-8H2. The average molecular weight is 176 g/mol. The van der Waals surface area contributed by atoms with Crippen molar-refractivity contribution >= 4 is 0 Å². The maximum Gasteiger partial charge on any atom is -0.0173 e. The Kier molecular flexibility index (Phi) is 1.21. The van der Waals surface area contributed by atoms with E-state index in [2.05, 4.69) is 0 Å². The molecular weight excluding hydrogens is 156 g/mol. The van der Waals surface area contributed by atoms with Crippen molar-refractivity contribution in [1.82, 2.24) is 0 Å². The molecule has 4 rings (SSSR count). The molecule has 0 aromatic carbocycles. The number of fused-ring (bicyclic) bond motifs is 2. The minimum absolute atomic E-state index is 0.999. The molecule has 0 heterocycles. The molecule has 72 valence electrons. The van der Waals surface area contributed by atoms with E-state index in [1.165, 1.54) is 23.7 Å². The van der Waals surface area contributed by atoms with Crippen LogP contribution in [0.5, 0.6) is 0 Å². The fourth-order valence-corrected chi connectivity index (χ4v) is 5.54. The average Bonchev–Trinajstić information content (AvgIpc) is 2.91. The van der Waals surface area contributed by atoms with Crippen LogP contribution in [0.4, 0.5) is 0 Å². The lowest BCUT2D eigenvalue weighted by Crippen LogP contribution is -1.94. The number of hydrogen-bond donors (Lipinski definition) is 0. The zero-order valence-electron chi connectivity index (χ0n) is 8.47. The van der Waals surface area contributed by atoms with Crippen molar-refractivity contribution < 1.29 is 0 Å². The number of rotatable bonds is 0. The topological polar surface area (TPSA) is 0 Å². The molecule has 4 atom stereocenters. The zero-order valence-corrected chi connectivity index (χ0v) is 8.47. The Morgan fingerprint density at radius 2 is 1.00 bits per heavy atom. The summed E-state index contributed by atoms with van der Waals surface area (Å²) in [5, 5.41) is 0. The molecule has 0 saturated heterocycles. The van der Waals surface area contributed by atoms with Gasteiger partial charge in [-0.05, 0) is 54.8 Å². The predicted molar refractivity (Wildman–Crippen MR) is 53.3 cm³/mol. The number of hydrogen-bond acceptors (Lipinski definition) is 0. The van der Waals surface area contributed by atoms with Gasteiger partial charge in [0.05, 0.1) is 0 Å². The summed E-state index contributed by atoms with van der Waals surface area (Å²) in [4.78, 5) is 0. The van der Waals surface area contributed by atoms with E-state index < -0.39 is 0 Å². The quantitative estimate of drug-likeness (QED) is 0.529. The maximum atomic E-state index is 1.61. The van der Waals surface area contributed by atoms with Crippen molar-refractivity contribution in [3.05, 3.63) is 0 Å². The molecule has 0 N–H and O–H groups in total. The molecule has 4 aliphatic carbocycles. The first kappa shape index (κ1) is 7.31. The zero-order chi connectivity index (χ0) is 8.47. The van der Waals surface area contributed by atoms with Crippen molar-refractivity contribution in [3.63, 3.8) is 0 Å². The van der Waals surface area contributed by atoms with E-state index in [0.717, 1.165) is 5.41 Å². The SMILES string of the molecule is C1CCC2C3CCCC4C(CC1)C234. The molecule has 4 saturated carbocycles. The Morgan fingerprint density at radius 3 is 1.54 bits per heavy atom. The predicted octanol–water partition coefficient (Wildman–Crippen LogP) is 3.61. The largest absolute Gasteiger partial charge is 0.0533 e.